The Bertz CT molecular complexity index is 622. The predicted octanol–water partition coefficient (Wildman–Crippen LogP) is 3.89. The van der Waals surface area contributed by atoms with Crippen molar-refractivity contribution in [3.8, 4) is 5.75 Å². The molecule has 0 unspecified atom stereocenters. The number of hydrogen-bond acceptors (Lipinski definition) is 3. The van der Waals surface area contributed by atoms with Gasteiger partial charge in [0.05, 0.1) is 24.6 Å². The molecule has 4 heteroatoms. The third-order valence-electron chi connectivity index (χ3n) is 3.22. The molecule has 3 nitrogen and oxygen atoms in total. The lowest BCUT2D eigenvalue weighted by Gasteiger charge is -2.12. The van der Waals surface area contributed by atoms with Crippen molar-refractivity contribution < 1.29 is 14.3 Å². The van der Waals surface area contributed by atoms with E-state index in [1.165, 1.54) is 7.11 Å². The molecule has 2 aromatic carbocycles. The molecule has 0 radical (unpaired) electrons. The number of rotatable bonds is 3. The molecular weight excluding hydrogens is 308 g/mol. The Hall–Kier alpha value is -1.55. The summed E-state index contributed by atoms with van der Waals surface area (Å²) in [4.78, 5) is 11.6. The van der Waals surface area contributed by atoms with Crippen LogP contribution in [0, 0.1) is 0 Å². The van der Waals surface area contributed by atoms with Crippen LogP contribution in [0.3, 0.4) is 0 Å². The smallest absolute Gasteiger partial charge is 0.312 e. The zero-order valence-corrected chi connectivity index (χ0v) is 12.7. The molecule has 0 saturated heterocycles. The van der Waals surface area contributed by atoms with E-state index >= 15 is 0 Å². The Morgan fingerprint density at radius 1 is 1.21 bits per heavy atom. The minimum atomic E-state index is -0.268. The van der Waals surface area contributed by atoms with Crippen LogP contribution in [0.4, 0.5) is 0 Å². The molecule has 0 bridgehead atoms. The summed E-state index contributed by atoms with van der Waals surface area (Å²) in [7, 11) is 3.04. The summed E-state index contributed by atoms with van der Waals surface area (Å²) in [6.45, 7) is 1.84. The van der Waals surface area contributed by atoms with E-state index in [1.807, 2.05) is 37.3 Å². The third kappa shape index (κ3) is 2.59. The van der Waals surface area contributed by atoms with Crippen LogP contribution in [-0.4, -0.2) is 20.2 Å². The lowest BCUT2D eigenvalue weighted by atomic mass is 9.98. The number of carbonyl (C=O) groups is 1. The van der Waals surface area contributed by atoms with Gasteiger partial charge in [0.15, 0.2) is 0 Å². The van der Waals surface area contributed by atoms with Gasteiger partial charge in [-0.1, -0.05) is 24.3 Å². The number of carbonyl (C=O) groups excluding carboxylic acids is 1. The van der Waals surface area contributed by atoms with Crippen LogP contribution < -0.4 is 4.74 Å². The van der Waals surface area contributed by atoms with Gasteiger partial charge < -0.3 is 9.47 Å². The molecule has 2 aromatic rings. The molecule has 0 aliphatic rings. The summed E-state index contributed by atoms with van der Waals surface area (Å²) < 4.78 is 11.0. The van der Waals surface area contributed by atoms with E-state index in [0.29, 0.717) is 0 Å². The van der Waals surface area contributed by atoms with E-state index in [1.54, 1.807) is 7.11 Å². The highest BCUT2D eigenvalue weighted by molar-refractivity contribution is 9.10. The van der Waals surface area contributed by atoms with Gasteiger partial charge in [0, 0.05) is 0 Å². The highest BCUT2D eigenvalue weighted by atomic mass is 79.9. The van der Waals surface area contributed by atoms with Crippen molar-refractivity contribution >= 4 is 32.7 Å². The van der Waals surface area contributed by atoms with Gasteiger partial charge in [-0.3, -0.25) is 4.79 Å². The second-order valence-electron chi connectivity index (χ2n) is 4.31. The molecule has 0 heterocycles. The number of benzene rings is 2. The van der Waals surface area contributed by atoms with E-state index < -0.39 is 0 Å². The average Bonchev–Trinajstić information content (AvgIpc) is 2.45. The van der Waals surface area contributed by atoms with Crippen LogP contribution in [0.1, 0.15) is 18.4 Å². The lowest BCUT2D eigenvalue weighted by Crippen LogP contribution is -2.10. The van der Waals surface area contributed by atoms with Gasteiger partial charge in [-0.2, -0.15) is 0 Å². The second-order valence-corrected chi connectivity index (χ2v) is 5.10. The maximum absolute atomic E-state index is 11.6. The van der Waals surface area contributed by atoms with Gasteiger partial charge in [0.25, 0.3) is 0 Å². The van der Waals surface area contributed by atoms with E-state index in [0.717, 1.165) is 26.6 Å². The van der Waals surface area contributed by atoms with Crippen LogP contribution in [0.2, 0.25) is 0 Å². The van der Waals surface area contributed by atoms with Crippen molar-refractivity contribution in [2.45, 2.75) is 12.8 Å². The van der Waals surface area contributed by atoms with Gasteiger partial charge in [-0.25, -0.2) is 0 Å². The van der Waals surface area contributed by atoms with Crippen molar-refractivity contribution in [2.75, 3.05) is 14.2 Å². The number of hydrogen-bond donors (Lipinski definition) is 0. The summed E-state index contributed by atoms with van der Waals surface area (Å²) in [5, 5.41) is 2.11. The number of ether oxygens (including phenoxy) is 2. The van der Waals surface area contributed by atoms with Gasteiger partial charge >= 0.3 is 5.97 Å². The normalized spacial score (nSPS) is 12.2. The van der Waals surface area contributed by atoms with Crippen molar-refractivity contribution in [3.63, 3.8) is 0 Å². The molecule has 0 N–H and O–H groups in total. The predicted molar refractivity (Wildman–Crippen MR) is 78.6 cm³/mol. The Morgan fingerprint density at radius 3 is 2.58 bits per heavy atom. The SMILES string of the molecule is COC(=O)[C@@H](C)c1ccc2c(Br)c(OC)ccc2c1. The van der Waals surface area contributed by atoms with Crippen LogP contribution in [0.5, 0.6) is 5.75 Å². The summed E-state index contributed by atoms with van der Waals surface area (Å²) in [5.41, 5.74) is 0.941. The summed E-state index contributed by atoms with van der Waals surface area (Å²) in [6, 6.07) is 9.80. The van der Waals surface area contributed by atoms with Crippen LogP contribution >= 0.6 is 15.9 Å². The zero-order chi connectivity index (χ0) is 14.0. The maximum atomic E-state index is 11.6. The first-order valence-corrected chi connectivity index (χ1v) is 6.71. The Balaban J connectivity index is 2.50. The highest BCUT2D eigenvalue weighted by Crippen LogP contribution is 2.34. The molecule has 0 spiro atoms. The molecule has 0 aliphatic heterocycles. The molecule has 0 aromatic heterocycles. The molecule has 100 valence electrons. The zero-order valence-electron chi connectivity index (χ0n) is 11.1. The Labute approximate surface area is 120 Å². The minimum Gasteiger partial charge on any atom is -0.496 e. The number of fused-ring (bicyclic) bond motifs is 1. The molecule has 1 atom stereocenters. The first-order chi connectivity index (χ1) is 9.08. The van der Waals surface area contributed by atoms with Gasteiger partial charge in [-0.05, 0) is 45.3 Å². The highest BCUT2D eigenvalue weighted by Gasteiger charge is 2.16. The Kier molecular flexibility index (Phi) is 4.10. The molecule has 0 aliphatic carbocycles. The van der Waals surface area contributed by atoms with Gasteiger partial charge in [0.1, 0.15) is 5.75 Å². The summed E-state index contributed by atoms with van der Waals surface area (Å²) in [5.74, 6) is 0.295. The Morgan fingerprint density at radius 2 is 1.95 bits per heavy atom. The number of esters is 1. The molecule has 0 fully saturated rings. The van der Waals surface area contributed by atoms with E-state index in [-0.39, 0.29) is 11.9 Å². The topological polar surface area (TPSA) is 35.5 Å². The number of halogens is 1. The van der Waals surface area contributed by atoms with Gasteiger partial charge in [-0.15, -0.1) is 0 Å². The van der Waals surface area contributed by atoms with Crippen LogP contribution in [0.15, 0.2) is 34.8 Å². The van der Waals surface area contributed by atoms with E-state index in [9.17, 15) is 4.79 Å². The van der Waals surface area contributed by atoms with Crippen LogP contribution in [-0.2, 0) is 9.53 Å². The largest absolute Gasteiger partial charge is 0.496 e. The lowest BCUT2D eigenvalue weighted by molar-refractivity contribution is -0.141. The first-order valence-electron chi connectivity index (χ1n) is 5.92. The molecule has 19 heavy (non-hydrogen) atoms. The van der Waals surface area contributed by atoms with E-state index in [4.69, 9.17) is 9.47 Å². The van der Waals surface area contributed by atoms with Gasteiger partial charge in [0.2, 0.25) is 0 Å². The quantitative estimate of drug-likeness (QED) is 0.804. The first kappa shape index (κ1) is 13.9. The average molecular weight is 323 g/mol. The fraction of sp³-hybridized carbons (Fsp3) is 0.267. The minimum absolute atomic E-state index is 0.230. The monoisotopic (exact) mass is 322 g/mol. The number of methoxy groups -OCH3 is 2. The fourth-order valence-corrected chi connectivity index (χ4v) is 2.69. The third-order valence-corrected chi connectivity index (χ3v) is 4.04. The molecular formula is C15H15BrO3. The van der Waals surface area contributed by atoms with Crippen molar-refractivity contribution in [1.29, 1.82) is 0 Å². The van der Waals surface area contributed by atoms with E-state index in [2.05, 4.69) is 15.9 Å². The summed E-state index contributed by atoms with van der Waals surface area (Å²) >= 11 is 3.53. The van der Waals surface area contributed by atoms with Crippen molar-refractivity contribution in [1.82, 2.24) is 0 Å². The summed E-state index contributed by atoms with van der Waals surface area (Å²) in [6.07, 6.45) is 0. The van der Waals surface area contributed by atoms with Crippen LogP contribution in [0.25, 0.3) is 10.8 Å². The fourth-order valence-electron chi connectivity index (χ4n) is 2.03. The standard InChI is InChI=1S/C15H15BrO3/c1-9(15(17)19-3)10-4-6-12-11(8-10)5-7-13(18-2)14(12)16/h4-9H,1-3H3/t9-/m0/s1. The van der Waals surface area contributed by atoms with Crippen molar-refractivity contribution in [3.05, 3.63) is 40.4 Å². The molecule has 0 amide bonds. The second kappa shape index (κ2) is 5.61. The molecule has 0 saturated carbocycles. The maximum Gasteiger partial charge on any atom is 0.312 e. The molecule has 2 rings (SSSR count). The van der Waals surface area contributed by atoms with Crippen molar-refractivity contribution in [2.24, 2.45) is 0 Å².